The predicted molar refractivity (Wildman–Crippen MR) is 102 cm³/mol. The third kappa shape index (κ3) is 5.05. The fourth-order valence-corrected chi connectivity index (χ4v) is 3.37. The van der Waals surface area contributed by atoms with Gasteiger partial charge in [0.05, 0.1) is 6.04 Å². The van der Waals surface area contributed by atoms with Gasteiger partial charge in [-0.15, -0.1) is 0 Å². The first kappa shape index (κ1) is 19.3. The summed E-state index contributed by atoms with van der Waals surface area (Å²) in [6, 6.07) is 5.55. The summed E-state index contributed by atoms with van der Waals surface area (Å²) in [5.41, 5.74) is 1.02. The molecule has 1 atom stereocenters. The molecule has 0 aromatic heterocycles. The molecular formula is C20H29N3O4. The number of amides is 3. The monoisotopic (exact) mass is 375 g/mol. The second kappa shape index (κ2) is 8.97. The maximum atomic E-state index is 12.3. The number of hydrogen-bond acceptors (Lipinski definition) is 4. The Bertz CT molecular complexity index is 671. The van der Waals surface area contributed by atoms with E-state index < -0.39 is 0 Å². The number of nitrogens with one attached hydrogen (secondary N) is 2. The average molecular weight is 375 g/mol. The van der Waals surface area contributed by atoms with Crippen LogP contribution in [0.25, 0.3) is 0 Å². The second-order valence-electron chi connectivity index (χ2n) is 6.93. The number of fused-ring (bicyclic) bond motifs is 1. The lowest BCUT2D eigenvalue weighted by molar-refractivity contribution is -0.130. The number of hydrogen-bond donors (Lipinski definition) is 2. The van der Waals surface area contributed by atoms with Gasteiger partial charge in [-0.1, -0.05) is 6.07 Å². The van der Waals surface area contributed by atoms with E-state index in [1.165, 1.54) is 0 Å². The van der Waals surface area contributed by atoms with Gasteiger partial charge in [-0.2, -0.15) is 0 Å². The number of rotatable bonds is 8. The van der Waals surface area contributed by atoms with Gasteiger partial charge >= 0.3 is 6.03 Å². The van der Waals surface area contributed by atoms with Gasteiger partial charge in [0.15, 0.2) is 11.5 Å². The van der Waals surface area contributed by atoms with Crippen LogP contribution < -0.4 is 20.1 Å². The second-order valence-corrected chi connectivity index (χ2v) is 6.93. The molecule has 27 heavy (non-hydrogen) atoms. The fourth-order valence-electron chi connectivity index (χ4n) is 3.37. The maximum absolute atomic E-state index is 12.3. The number of urea groups is 1. The molecule has 3 amide bonds. The molecule has 0 radical (unpaired) electrons. The summed E-state index contributed by atoms with van der Waals surface area (Å²) in [6.07, 6.45) is 2.51. The molecule has 1 saturated carbocycles. The number of benzene rings is 1. The molecule has 1 aliphatic heterocycles. The standard InChI is InChI=1S/C20H29N3O4/c1-3-23(4-2)18(24)9-10-21-20(25)22-19(14-5-6-14)15-7-8-16-17(13-15)27-12-11-26-16/h7-8,13-14,19H,3-6,9-12H2,1-2H3,(H2,21,22,25)/t19-/m1/s1. The Morgan fingerprint density at radius 3 is 2.52 bits per heavy atom. The highest BCUT2D eigenvalue weighted by molar-refractivity contribution is 5.78. The van der Waals surface area contributed by atoms with E-state index in [0.29, 0.717) is 45.2 Å². The topological polar surface area (TPSA) is 79.9 Å². The van der Waals surface area contributed by atoms with E-state index in [9.17, 15) is 9.59 Å². The van der Waals surface area contributed by atoms with Crippen LogP contribution in [0.15, 0.2) is 18.2 Å². The van der Waals surface area contributed by atoms with Gasteiger partial charge < -0.3 is 25.0 Å². The van der Waals surface area contributed by atoms with Crippen LogP contribution in [-0.2, 0) is 4.79 Å². The van der Waals surface area contributed by atoms with Crippen molar-refractivity contribution in [1.82, 2.24) is 15.5 Å². The van der Waals surface area contributed by atoms with E-state index in [4.69, 9.17) is 9.47 Å². The van der Waals surface area contributed by atoms with E-state index in [0.717, 1.165) is 29.9 Å². The van der Waals surface area contributed by atoms with E-state index in [1.54, 1.807) is 4.90 Å². The number of ether oxygens (including phenoxy) is 2. The largest absolute Gasteiger partial charge is 0.486 e. The summed E-state index contributed by atoms with van der Waals surface area (Å²) in [6.45, 7) is 6.72. The van der Waals surface area contributed by atoms with Gasteiger partial charge in [-0.25, -0.2) is 4.79 Å². The molecule has 2 N–H and O–H groups in total. The Morgan fingerprint density at radius 1 is 1.15 bits per heavy atom. The van der Waals surface area contributed by atoms with Gasteiger partial charge in [0, 0.05) is 26.1 Å². The Morgan fingerprint density at radius 2 is 1.85 bits per heavy atom. The van der Waals surface area contributed by atoms with E-state index in [-0.39, 0.29) is 18.0 Å². The molecule has 3 rings (SSSR count). The lowest BCUT2D eigenvalue weighted by Crippen LogP contribution is -2.41. The van der Waals surface area contributed by atoms with Crippen LogP contribution in [0.5, 0.6) is 11.5 Å². The number of carbonyl (C=O) groups is 2. The van der Waals surface area contributed by atoms with E-state index in [2.05, 4.69) is 10.6 Å². The maximum Gasteiger partial charge on any atom is 0.315 e. The molecule has 0 bridgehead atoms. The zero-order valence-corrected chi connectivity index (χ0v) is 16.1. The van der Waals surface area contributed by atoms with Gasteiger partial charge in [0.1, 0.15) is 13.2 Å². The summed E-state index contributed by atoms with van der Waals surface area (Å²) in [5.74, 6) is 1.98. The molecule has 0 spiro atoms. The van der Waals surface area contributed by atoms with Crippen LogP contribution in [0.4, 0.5) is 4.79 Å². The fraction of sp³-hybridized carbons (Fsp3) is 0.600. The Balaban J connectivity index is 1.54. The van der Waals surface area contributed by atoms with Crippen molar-refractivity contribution in [1.29, 1.82) is 0 Å². The molecule has 1 heterocycles. The van der Waals surface area contributed by atoms with Crippen molar-refractivity contribution in [2.24, 2.45) is 5.92 Å². The van der Waals surface area contributed by atoms with Crippen molar-refractivity contribution in [3.8, 4) is 11.5 Å². The molecule has 1 fully saturated rings. The summed E-state index contributed by atoms with van der Waals surface area (Å²) in [4.78, 5) is 26.1. The average Bonchev–Trinajstić information content (AvgIpc) is 3.52. The van der Waals surface area contributed by atoms with Crippen molar-refractivity contribution in [2.45, 2.75) is 39.2 Å². The lowest BCUT2D eigenvalue weighted by Gasteiger charge is -2.23. The number of carbonyl (C=O) groups excluding carboxylic acids is 2. The van der Waals surface area contributed by atoms with Crippen LogP contribution in [0.2, 0.25) is 0 Å². The highest BCUT2D eigenvalue weighted by Crippen LogP contribution is 2.43. The minimum Gasteiger partial charge on any atom is -0.486 e. The van der Waals surface area contributed by atoms with Crippen LogP contribution in [0.1, 0.15) is 44.7 Å². The summed E-state index contributed by atoms with van der Waals surface area (Å²) >= 11 is 0. The quantitative estimate of drug-likeness (QED) is 0.731. The SMILES string of the molecule is CCN(CC)C(=O)CCNC(=O)N[C@@H](c1ccc2c(c1)OCCO2)C1CC1. The van der Waals surface area contributed by atoms with Gasteiger partial charge in [0.25, 0.3) is 0 Å². The predicted octanol–water partition coefficient (Wildman–Crippen LogP) is 2.47. The normalized spacial score (nSPS) is 16.4. The van der Waals surface area contributed by atoms with Crippen LogP contribution in [0, 0.1) is 5.92 Å². The lowest BCUT2D eigenvalue weighted by atomic mass is 10.0. The van der Waals surface area contributed by atoms with Crippen LogP contribution >= 0.6 is 0 Å². The van der Waals surface area contributed by atoms with Gasteiger partial charge in [-0.05, 0) is 50.3 Å². The third-order valence-corrected chi connectivity index (χ3v) is 5.05. The highest BCUT2D eigenvalue weighted by Gasteiger charge is 2.34. The third-order valence-electron chi connectivity index (χ3n) is 5.05. The summed E-state index contributed by atoms with van der Waals surface area (Å²) < 4.78 is 11.2. The molecule has 1 aromatic carbocycles. The molecule has 148 valence electrons. The van der Waals surface area contributed by atoms with Gasteiger partial charge in [0.2, 0.25) is 5.91 Å². The van der Waals surface area contributed by atoms with E-state index in [1.807, 2.05) is 32.0 Å². The molecule has 1 aliphatic carbocycles. The minimum absolute atomic E-state index is 0.0562. The Kier molecular flexibility index (Phi) is 6.42. The Hall–Kier alpha value is -2.44. The summed E-state index contributed by atoms with van der Waals surface area (Å²) in [7, 11) is 0. The minimum atomic E-state index is -0.242. The molecular weight excluding hydrogens is 346 g/mol. The van der Waals surface area contributed by atoms with Crippen molar-refractivity contribution < 1.29 is 19.1 Å². The van der Waals surface area contributed by atoms with Gasteiger partial charge in [-0.3, -0.25) is 4.79 Å². The van der Waals surface area contributed by atoms with Crippen molar-refractivity contribution in [3.05, 3.63) is 23.8 Å². The van der Waals surface area contributed by atoms with E-state index >= 15 is 0 Å². The number of nitrogens with zero attached hydrogens (tertiary/aromatic N) is 1. The van der Waals surface area contributed by atoms with Crippen molar-refractivity contribution in [3.63, 3.8) is 0 Å². The highest BCUT2D eigenvalue weighted by atomic mass is 16.6. The zero-order chi connectivity index (χ0) is 19.2. The van der Waals surface area contributed by atoms with Crippen molar-refractivity contribution in [2.75, 3.05) is 32.8 Å². The first-order valence-corrected chi connectivity index (χ1v) is 9.84. The van der Waals surface area contributed by atoms with Crippen LogP contribution in [0.3, 0.4) is 0 Å². The molecule has 7 nitrogen and oxygen atoms in total. The molecule has 1 aromatic rings. The first-order valence-electron chi connectivity index (χ1n) is 9.84. The molecule has 7 heteroatoms. The smallest absolute Gasteiger partial charge is 0.315 e. The molecule has 2 aliphatic rings. The van der Waals surface area contributed by atoms with Crippen LogP contribution in [-0.4, -0.2) is 49.7 Å². The zero-order valence-electron chi connectivity index (χ0n) is 16.1. The molecule has 0 saturated heterocycles. The first-order chi connectivity index (χ1) is 13.1. The summed E-state index contributed by atoms with van der Waals surface area (Å²) in [5, 5.41) is 5.87. The Labute approximate surface area is 160 Å². The molecule has 0 unspecified atom stereocenters. The van der Waals surface area contributed by atoms with Crippen molar-refractivity contribution >= 4 is 11.9 Å².